The molecule has 5 nitrogen and oxygen atoms in total. The van der Waals surface area contributed by atoms with Gasteiger partial charge in [-0.3, -0.25) is 4.79 Å². The van der Waals surface area contributed by atoms with Crippen molar-refractivity contribution in [2.24, 2.45) is 5.73 Å². The number of nitrogens with one attached hydrogen (secondary N) is 1. The Balaban J connectivity index is 1.73. The summed E-state index contributed by atoms with van der Waals surface area (Å²) >= 11 is 0. The van der Waals surface area contributed by atoms with Crippen molar-refractivity contribution >= 4 is 17.6 Å². The van der Waals surface area contributed by atoms with E-state index >= 15 is 0 Å². The summed E-state index contributed by atoms with van der Waals surface area (Å²) in [4.78, 5) is 25.3. The Labute approximate surface area is 154 Å². The molecule has 0 heterocycles. The zero-order valence-electron chi connectivity index (χ0n) is 14.3. The molecule has 3 amide bonds. The molecule has 0 atom stereocenters. The van der Waals surface area contributed by atoms with Crippen LogP contribution >= 0.6 is 0 Å². The normalized spacial score (nSPS) is 13.9. The molecule has 3 N–H and O–H groups in total. The van der Waals surface area contributed by atoms with E-state index in [-0.39, 0.29) is 18.5 Å². The first-order valence-corrected chi connectivity index (χ1v) is 8.37. The Bertz CT molecular complexity index is 829. The lowest BCUT2D eigenvalue weighted by molar-refractivity contribution is -0.137. The van der Waals surface area contributed by atoms with Crippen molar-refractivity contribution in [1.82, 2.24) is 4.90 Å². The first-order chi connectivity index (χ1) is 12.7. The first-order valence-electron chi connectivity index (χ1n) is 8.37. The van der Waals surface area contributed by atoms with Crippen LogP contribution in [0.3, 0.4) is 0 Å². The van der Waals surface area contributed by atoms with Gasteiger partial charge in [0.05, 0.1) is 5.56 Å². The monoisotopic (exact) mass is 377 g/mol. The van der Waals surface area contributed by atoms with Crippen LogP contribution in [0.2, 0.25) is 0 Å². The zero-order valence-corrected chi connectivity index (χ0v) is 14.3. The van der Waals surface area contributed by atoms with E-state index in [1.165, 1.54) is 12.1 Å². The fourth-order valence-corrected chi connectivity index (χ4v) is 2.75. The van der Waals surface area contributed by atoms with Gasteiger partial charge in [-0.15, -0.1) is 0 Å². The number of nitrogens with zero attached hydrogens (tertiary/aromatic N) is 1. The Morgan fingerprint density at radius 1 is 1.04 bits per heavy atom. The fourth-order valence-electron chi connectivity index (χ4n) is 2.75. The summed E-state index contributed by atoms with van der Waals surface area (Å²) in [5, 5.41) is 2.41. The number of hydrogen-bond acceptors (Lipinski definition) is 2. The van der Waals surface area contributed by atoms with Gasteiger partial charge in [0.2, 0.25) is 0 Å². The maximum absolute atomic E-state index is 12.8. The molecule has 1 aliphatic carbocycles. The molecule has 0 bridgehead atoms. The smallest absolute Gasteiger partial charge is 0.351 e. The topological polar surface area (TPSA) is 75.4 Å². The number of halogens is 3. The highest BCUT2D eigenvalue weighted by molar-refractivity contribution is 5.95. The van der Waals surface area contributed by atoms with Crippen molar-refractivity contribution in [3.63, 3.8) is 0 Å². The Kier molecular flexibility index (Phi) is 5.07. The molecule has 3 rings (SSSR count). The van der Waals surface area contributed by atoms with Crippen LogP contribution in [0.15, 0.2) is 48.5 Å². The Hall–Kier alpha value is -3.03. The van der Waals surface area contributed by atoms with E-state index in [1.54, 1.807) is 29.2 Å². The van der Waals surface area contributed by atoms with Gasteiger partial charge in [-0.2, -0.15) is 13.2 Å². The van der Waals surface area contributed by atoms with Crippen LogP contribution in [0.5, 0.6) is 0 Å². The maximum atomic E-state index is 12.8. The Morgan fingerprint density at radius 3 is 2.11 bits per heavy atom. The summed E-state index contributed by atoms with van der Waals surface area (Å²) in [6.07, 6.45) is -2.65. The molecule has 0 radical (unpaired) electrons. The molecule has 0 spiro atoms. The van der Waals surface area contributed by atoms with Crippen molar-refractivity contribution in [1.29, 1.82) is 0 Å². The van der Waals surface area contributed by atoms with Crippen molar-refractivity contribution < 1.29 is 22.8 Å². The number of alkyl halides is 3. The lowest BCUT2D eigenvalue weighted by atomic mass is 10.1. The summed E-state index contributed by atoms with van der Waals surface area (Å²) < 4.78 is 38.0. The standard InChI is InChI=1S/C19H18F3N3O2/c20-19(21,22)14-5-1-12(2-6-14)11-25(16-9-10-16)17(26)13-3-7-15(8-4-13)24-18(23)27/h1-8,16H,9-11H2,(H3,23,24,27). The van der Waals surface area contributed by atoms with Crippen LogP contribution in [-0.2, 0) is 12.7 Å². The van der Waals surface area contributed by atoms with Crippen molar-refractivity contribution in [2.45, 2.75) is 31.6 Å². The van der Waals surface area contributed by atoms with E-state index in [0.29, 0.717) is 16.8 Å². The molecule has 1 aliphatic rings. The highest BCUT2D eigenvalue weighted by atomic mass is 19.4. The summed E-state index contributed by atoms with van der Waals surface area (Å²) in [5.41, 5.74) is 5.87. The van der Waals surface area contributed by atoms with Crippen LogP contribution < -0.4 is 11.1 Å². The second-order valence-electron chi connectivity index (χ2n) is 6.43. The summed E-state index contributed by atoms with van der Waals surface area (Å²) in [5.74, 6) is -0.206. The molecule has 2 aromatic rings. The van der Waals surface area contributed by atoms with Gasteiger partial charge in [0.1, 0.15) is 0 Å². The minimum absolute atomic E-state index is 0.0863. The van der Waals surface area contributed by atoms with Gasteiger partial charge >= 0.3 is 12.2 Å². The second kappa shape index (κ2) is 7.30. The van der Waals surface area contributed by atoms with Crippen molar-refractivity contribution in [3.05, 3.63) is 65.2 Å². The molecule has 0 saturated heterocycles. The van der Waals surface area contributed by atoms with Gasteiger partial charge in [-0.25, -0.2) is 4.79 Å². The maximum Gasteiger partial charge on any atom is 0.416 e. The molecule has 142 valence electrons. The number of carbonyl (C=O) groups is 2. The van der Waals surface area contributed by atoms with Gasteiger partial charge in [-0.1, -0.05) is 12.1 Å². The summed E-state index contributed by atoms with van der Waals surface area (Å²) in [6.45, 7) is 0.239. The lowest BCUT2D eigenvalue weighted by Crippen LogP contribution is -2.32. The quantitative estimate of drug-likeness (QED) is 0.826. The third kappa shape index (κ3) is 4.78. The molecule has 27 heavy (non-hydrogen) atoms. The summed E-state index contributed by atoms with van der Waals surface area (Å²) in [6, 6.07) is 10.5. The molecule has 0 aliphatic heterocycles. The molecule has 2 aromatic carbocycles. The molecule has 8 heteroatoms. The van der Waals surface area contributed by atoms with Crippen molar-refractivity contribution in [3.8, 4) is 0 Å². The largest absolute Gasteiger partial charge is 0.416 e. The van der Waals surface area contributed by atoms with E-state index in [4.69, 9.17) is 5.73 Å². The zero-order chi connectivity index (χ0) is 19.6. The van der Waals surface area contributed by atoms with Crippen LogP contribution in [0, 0.1) is 0 Å². The number of nitrogens with two attached hydrogens (primary N) is 1. The highest BCUT2D eigenvalue weighted by Gasteiger charge is 2.34. The molecule has 1 saturated carbocycles. The molecule has 0 aromatic heterocycles. The fraction of sp³-hybridized carbons (Fsp3) is 0.263. The average molecular weight is 377 g/mol. The number of hydrogen-bond donors (Lipinski definition) is 2. The average Bonchev–Trinajstić information content (AvgIpc) is 3.44. The third-order valence-corrected chi connectivity index (χ3v) is 4.28. The van der Waals surface area contributed by atoms with Crippen LogP contribution in [-0.4, -0.2) is 22.9 Å². The van der Waals surface area contributed by atoms with Crippen LogP contribution in [0.25, 0.3) is 0 Å². The molecule has 1 fully saturated rings. The van der Waals surface area contributed by atoms with Gasteiger partial charge < -0.3 is 16.0 Å². The van der Waals surface area contributed by atoms with Gasteiger partial charge in [-0.05, 0) is 54.8 Å². The lowest BCUT2D eigenvalue weighted by Gasteiger charge is -2.23. The van der Waals surface area contributed by atoms with Crippen LogP contribution in [0.4, 0.5) is 23.7 Å². The minimum Gasteiger partial charge on any atom is -0.351 e. The van der Waals surface area contributed by atoms with E-state index in [2.05, 4.69) is 5.32 Å². The highest BCUT2D eigenvalue weighted by Crippen LogP contribution is 2.32. The number of carbonyl (C=O) groups excluding carboxylic acids is 2. The molecular formula is C19H18F3N3O2. The predicted molar refractivity (Wildman–Crippen MR) is 94.0 cm³/mol. The first kappa shape index (κ1) is 18.8. The van der Waals surface area contributed by atoms with E-state index < -0.39 is 17.8 Å². The number of anilines is 1. The number of benzene rings is 2. The van der Waals surface area contributed by atoms with E-state index in [1.807, 2.05) is 0 Å². The number of rotatable bonds is 5. The number of primary amides is 1. The van der Waals surface area contributed by atoms with E-state index in [0.717, 1.165) is 25.0 Å². The van der Waals surface area contributed by atoms with Crippen LogP contribution in [0.1, 0.15) is 34.3 Å². The second-order valence-corrected chi connectivity index (χ2v) is 6.43. The molecular weight excluding hydrogens is 359 g/mol. The predicted octanol–water partition coefficient (Wildman–Crippen LogP) is 4.00. The SMILES string of the molecule is NC(=O)Nc1ccc(C(=O)N(Cc2ccc(C(F)(F)F)cc2)C2CC2)cc1. The Morgan fingerprint density at radius 2 is 1.63 bits per heavy atom. The number of amides is 3. The van der Waals surface area contributed by atoms with Crippen molar-refractivity contribution in [2.75, 3.05) is 5.32 Å². The van der Waals surface area contributed by atoms with Gasteiger partial charge in [0.15, 0.2) is 0 Å². The number of urea groups is 1. The van der Waals surface area contributed by atoms with Gasteiger partial charge in [0, 0.05) is 23.8 Å². The third-order valence-electron chi connectivity index (χ3n) is 4.28. The molecule has 0 unspecified atom stereocenters. The minimum atomic E-state index is -4.38. The summed E-state index contributed by atoms with van der Waals surface area (Å²) in [7, 11) is 0. The van der Waals surface area contributed by atoms with Gasteiger partial charge in [0.25, 0.3) is 5.91 Å². The van der Waals surface area contributed by atoms with E-state index in [9.17, 15) is 22.8 Å².